The third kappa shape index (κ3) is 4.10. The summed E-state index contributed by atoms with van der Waals surface area (Å²) in [6.45, 7) is 3.71. The lowest BCUT2D eigenvalue weighted by atomic mass is 10.0. The van der Waals surface area contributed by atoms with Crippen molar-refractivity contribution in [2.75, 3.05) is 5.73 Å². The van der Waals surface area contributed by atoms with E-state index in [0.717, 1.165) is 15.4 Å². The first-order valence-electron chi connectivity index (χ1n) is 12.0. The van der Waals surface area contributed by atoms with Gasteiger partial charge in [0.1, 0.15) is 17.3 Å². The quantitative estimate of drug-likeness (QED) is 0.326. The molecule has 1 aliphatic carbocycles. The smallest absolute Gasteiger partial charge is 0.268 e. The summed E-state index contributed by atoms with van der Waals surface area (Å²) in [4.78, 5) is 18.4. The van der Waals surface area contributed by atoms with Crippen LogP contribution in [0.3, 0.4) is 0 Å². The van der Waals surface area contributed by atoms with Gasteiger partial charge in [-0.15, -0.1) is 0 Å². The molecule has 0 saturated heterocycles. The van der Waals surface area contributed by atoms with Crippen LogP contribution in [0.25, 0.3) is 16.6 Å². The Labute approximate surface area is 231 Å². The van der Waals surface area contributed by atoms with E-state index in [1.807, 2.05) is 32.1 Å². The number of carbonyl (C=O) groups is 1. The lowest BCUT2D eigenvalue weighted by Crippen LogP contribution is -2.32. The Kier molecular flexibility index (Phi) is 5.84. The molecule has 0 fully saturated rings. The Morgan fingerprint density at radius 1 is 1.15 bits per heavy atom. The summed E-state index contributed by atoms with van der Waals surface area (Å²) in [6.07, 6.45) is 6.94. The summed E-state index contributed by atoms with van der Waals surface area (Å²) >= 11 is 3.23. The first kappa shape index (κ1) is 25.3. The zero-order chi connectivity index (χ0) is 27.6. The topological polar surface area (TPSA) is 124 Å². The number of hydrogen-bond acceptors (Lipinski definition) is 7. The van der Waals surface area contributed by atoms with Crippen LogP contribution in [0.15, 0.2) is 81.3 Å². The summed E-state index contributed by atoms with van der Waals surface area (Å²) in [7, 11) is -4.30. The predicted octanol–water partition coefficient (Wildman–Crippen LogP) is 4.27. The van der Waals surface area contributed by atoms with Crippen molar-refractivity contribution in [3.8, 4) is 0 Å². The Morgan fingerprint density at radius 3 is 2.64 bits per heavy atom. The number of nitrogens with two attached hydrogens (primary N) is 1. The molecular formula is C27H22BrFN6O3S. The molecule has 2 unspecified atom stereocenters. The number of carbonyl (C=O) groups excluding carboxylic acids is 1. The highest BCUT2D eigenvalue weighted by atomic mass is 79.9. The summed E-state index contributed by atoms with van der Waals surface area (Å²) in [5, 5.41) is 7.54. The van der Waals surface area contributed by atoms with E-state index in [0.29, 0.717) is 10.2 Å². The van der Waals surface area contributed by atoms with Crippen molar-refractivity contribution in [2.45, 2.75) is 30.8 Å². The van der Waals surface area contributed by atoms with Gasteiger partial charge in [-0.1, -0.05) is 39.7 Å². The number of rotatable bonds is 5. The summed E-state index contributed by atoms with van der Waals surface area (Å²) in [5.74, 6) is -0.552. The van der Waals surface area contributed by atoms with Crippen LogP contribution in [0, 0.1) is 12.7 Å². The number of fused-ring (bicyclic) bond motifs is 2. The number of nitrogen functional groups attached to an aromatic ring is 1. The van der Waals surface area contributed by atoms with Gasteiger partial charge in [0.25, 0.3) is 10.0 Å². The average molecular weight is 609 g/mol. The molecule has 2 atom stereocenters. The monoisotopic (exact) mass is 608 g/mol. The minimum atomic E-state index is -4.30. The van der Waals surface area contributed by atoms with Crippen molar-refractivity contribution >= 4 is 60.0 Å². The van der Waals surface area contributed by atoms with Crippen LogP contribution in [-0.4, -0.2) is 45.9 Å². The van der Waals surface area contributed by atoms with Gasteiger partial charge in [0.2, 0.25) is 5.78 Å². The normalized spacial score (nSPS) is 18.6. The van der Waals surface area contributed by atoms with Crippen LogP contribution in [0.1, 0.15) is 28.5 Å². The standard InChI is InChI=1S/C27H22BrFN6O3S/c1-14-3-6-18(7-4-14)39(37,38)35-24-10-16(28)9-21(29)19(24)12-25(35)26(36)20-13-31-34(27(20)30)17-5-8-22-23(11-17)33-15(2)32-22/h3-13,22-23H,30H2,1-2H3,(H,32,33). The third-order valence-corrected chi connectivity index (χ3v) is 8.98. The lowest BCUT2D eigenvalue weighted by Gasteiger charge is -2.18. The van der Waals surface area contributed by atoms with E-state index in [4.69, 9.17) is 5.73 Å². The van der Waals surface area contributed by atoms with Crippen LogP contribution in [0.2, 0.25) is 0 Å². The fourth-order valence-electron chi connectivity index (χ4n) is 4.86. The molecule has 198 valence electrons. The van der Waals surface area contributed by atoms with Gasteiger partial charge >= 0.3 is 0 Å². The van der Waals surface area contributed by atoms with Crippen molar-refractivity contribution in [1.29, 1.82) is 0 Å². The molecule has 12 heteroatoms. The van der Waals surface area contributed by atoms with Gasteiger partial charge in [-0.05, 0) is 56.3 Å². The lowest BCUT2D eigenvalue weighted by molar-refractivity contribution is 0.103. The molecule has 39 heavy (non-hydrogen) atoms. The van der Waals surface area contributed by atoms with Crippen molar-refractivity contribution in [3.05, 3.63) is 94.0 Å². The fourth-order valence-corrected chi connectivity index (χ4v) is 6.77. The minimum Gasteiger partial charge on any atom is -0.383 e. The maximum absolute atomic E-state index is 15.0. The zero-order valence-electron chi connectivity index (χ0n) is 20.8. The number of aryl methyl sites for hydroxylation is 1. The Morgan fingerprint density at radius 2 is 1.90 bits per heavy atom. The Balaban J connectivity index is 1.49. The van der Waals surface area contributed by atoms with Crippen LogP contribution in [-0.2, 0) is 10.0 Å². The van der Waals surface area contributed by atoms with Crippen molar-refractivity contribution in [1.82, 2.24) is 19.1 Å². The van der Waals surface area contributed by atoms with E-state index in [2.05, 4.69) is 31.3 Å². The Hall–Kier alpha value is -4.03. The van der Waals surface area contributed by atoms with Gasteiger partial charge in [0.05, 0.1) is 45.8 Å². The van der Waals surface area contributed by atoms with Crippen LogP contribution in [0.5, 0.6) is 0 Å². The summed E-state index contributed by atoms with van der Waals surface area (Å²) < 4.78 is 45.3. The Bertz CT molecular complexity index is 1890. The number of aromatic nitrogens is 3. The van der Waals surface area contributed by atoms with Crippen molar-refractivity contribution in [3.63, 3.8) is 0 Å². The van der Waals surface area contributed by atoms with Crippen LogP contribution < -0.4 is 11.1 Å². The highest BCUT2D eigenvalue weighted by molar-refractivity contribution is 9.10. The molecule has 0 radical (unpaired) electrons. The van der Waals surface area contributed by atoms with E-state index in [9.17, 15) is 17.6 Å². The van der Waals surface area contributed by atoms with Gasteiger partial charge < -0.3 is 11.1 Å². The summed E-state index contributed by atoms with van der Waals surface area (Å²) in [5.41, 5.74) is 7.61. The van der Waals surface area contributed by atoms with Crippen LogP contribution in [0.4, 0.5) is 10.2 Å². The predicted molar refractivity (Wildman–Crippen MR) is 151 cm³/mol. The number of anilines is 1. The number of allylic oxidation sites excluding steroid dienone is 2. The zero-order valence-corrected chi connectivity index (χ0v) is 23.2. The second-order valence-electron chi connectivity index (χ2n) is 9.44. The average Bonchev–Trinajstić information content (AvgIpc) is 3.57. The largest absolute Gasteiger partial charge is 0.383 e. The van der Waals surface area contributed by atoms with Gasteiger partial charge in [-0.3, -0.25) is 9.79 Å². The molecule has 0 spiro atoms. The van der Waals surface area contributed by atoms with Crippen LogP contribution >= 0.6 is 15.9 Å². The summed E-state index contributed by atoms with van der Waals surface area (Å²) in [6, 6.07) is 9.99. The molecule has 2 aromatic carbocycles. The van der Waals surface area contributed by atoms with E-state index in [-0.39, 0.29) is 45.0 Å². The SMILES string of the molecule is CC1=NC2C=C(n3ncc(C(=O)c4cc5c(F)cc(Br)cc5n4S(=O)(=O)c4ccc(C)cc4)c3N)C=CC2N1. The molecule has 1 aliphatic heterocycles. The molecule has 0 saturated carbocycles. The number of halogens is 2. The number of aliphatic imine (C=N–C) groups is 1. The molecule has 6 rings (SSSR count). The van der Waals surface area contributed by atoms with Crippen molar-refractivity contribution < 1.29 is 17.6 Å². The first-order chi connectivity index (χ1) is 18.5. The number of benzene rings is 2. The van der Waals surface area contributed by atoms with E-state index < -0.39 is 21.6 Å². The number of nitrogens with one attached hydrogen (secondary N) is 1. The molecule has 9 nitrogen and oxygen atoms in total. The maximum Gasteiger partial charge on any atom is 0.268 e. The van der Waals surface area contributed by atoms with Gasteiger partial charge in [-0.2, -0.15) is 5.10 Å². The second-order valence-corrected chi connectivity index (χ2v) is 12.1. The highest BCUT2D eigenvalue weighted by Crippen LogP contribution is 2.33. The molecule has 2 aliphatic rings. The molecule has 3 heterocycles. The number of amidine groups is 1. The van der Waals surface area contributed by atoms with Gasteiger partial charge in [-0.25, -0.2) is 21.5 Å². The second kappa shape index (κ2) is 9.02. The van der Waals surface area contributed by atoms with E-state index >= 15 is 0 Å². The first-order valence-corrected chi connectivity index (χ1v) is 14.2. The molecule has 0 amide bonds. The van der Waals surface area contributed by atoms with Crippen molar-refractivity contribution in [2.24, 2.45) is 4.99 Å². The molecule has 3 N–H and O–H groups in total. The molecule has 2 aromatic heterocycles. The number of ketones is 1. The molecular weight excluding hydrogens is 587 g/mol. The number of hydrogen-bond donors (Lipinski definition) is 2. The minimum absolute atomic E-state index is 0.0155. The third-order valence-electron chi connectivity index (χ3n) is 6.78. The van der Waals surface area contributed by atoms with E-state index in [1.165, 1.54) is 41.2 Å². The van der Waals surface area contributed by atoms with Gasteiger partial charge in [0.15, 0.2) is 0 Å². The maximum atomic E-state index is 15.0. The fraction of sp³-hybridized carbons (Fsp3) is 0.148. The number of nitrogens with zero attached hydrogens (tertiary/aromatic N) is 4. The van der Waals surface area contributed by atoms with E-state index in [1.54, 1.807) is 12.1 Å². The highest BCUT2D eigenvalue weighted by Gasteiger charge is 2.31. The molecule has 4 aromatic rings. The van der Waals surface area contributed by atoms with Gasteiger partial charge in [0, 0.05) is 9.86 Å². The molecule has 0 bridgehead atoms.